The molecule has 0 bridgehead atoms. The van der Waals surface area contributed by atoms with E-state index in [1.165, 1.54) is 38.5 Å². The number of nitrogens with zero attached hydrogens (tertiary/aromatic N) is 2. The van der Waals surface area contributed by atoms with E-state index >= 15 is 0 Å². The number of fused-ring (bicyclic) bond motifs is 4. The highest BCUT2D eigenvalue weighted by molar-refractivity contribution is 5.39. The molecule has 0 amide bonds. The molecule has 0 spiro atoms. The molecule has 0 unspecified atom stereocenters. The first-order valence-electron chi connectivity index (χ1n) is 13.4. The Labute approximate surface area is 201 Å². The summed E-state index contributed by atoms with van der Waals surface area (Å²) < 4.78 is 0. The van der Waals surface area contributed by atoms with Gasteiger partial charge in [-0.15, -0.1) is 0 Å². The van der Waals surface area contributed by atoms with Crippen molar-refractivity contribution in [2.75, 3.05) is 0 Å². The fourth-order valence-corrected chi connectivity index (χ4v) is 9.44. The van der Waals surface area contributed by atoms with Crippen molar-refractivity contribution < 1.29 is 5.11 Å². The van der Waals surface area contributed by atoms with Crippen LogP contribution in [0.5, 0.6) is 0 Å². The van der Waals surface area contributed by atoms with Gasteiger partial charge in [0, 0.05) is 0 Å². The Balaban J connectivity index is 1.61. The Bertz CT molecular complexity index is 929. The largest absolute Gasteiger partial charge is 0.393 e. The van der Waals surface area contributed by atoms with E-state index in [9.17, 15) is 5.11 Å². The molecule has 33 heavy (non-hydrogen) atoms. The van der Waals surface area contributed by atoms with Crippen molar-refractivity contribution in [1.29, 1.82) is 10.5 Å². The minimum atomic E-state index is -0.171. The van der Waals surface area contributed by atoms with E-state index in [0.29, 0.717) is 23.2 Å². The second-order valence-corrected chi connectivity index (χ2v) is 13.1. The number of allylic oxidation sites excluding steroid dienone is 4. The van der Waals surface area contributed by atoms with Gasteiger partial charge in [0.25, 0.3) is 0 Å². The average molecular weight is 449 g/mol. The maximum atomic E-state index is 10.8. The number of aliphatic hydroxyl groups excluding tert-OH is 1. The zero-order chi connectivity index (χ0) is 24.2. The molecular weight excluding hydrogens is 404 g/mol. The molecule has 2 saturated carbocycles. The summed E-state index contributed by atoms with van der Waals surface area (Å²) in [6.45, 7) is 14.7. The summed E-state index contributed by atoms with van der Waals surface area (Å²) in [7, 11) is 0. The third-order valence-electron chi connectivity index (χ3n) is 11.7. The van der Waals surface area contributed by atoms with Crippen molar-refractivity contribution >= 4 is 0 Å². The van der Waals surface area contributed by atoms with E-state index in [1.54, 1.807) is 11.1 Å². The molecule has 4 rings (SSSR count). The first-order valence-corrected chi connectivity index (χ1v) is 13.4. The first kappa shape index (κ1) is 24.5. The second kappa shape index (κ2) is 8.27. The van der Waals surface area contributed by atoms with E-state index in [4.69, 9.17) is 10.5 Å². The summed E-state index contributed by atoms with van der Waals surface area (Å²) in [6.07, 6.45) is 13.2. The van der Waals surface area contributed by atoms with Crippen LogP contribution in [0.4, 0.5) is 0 Å². The van der Waals surface area contributed by atoms with Gasteiger partial charge in [-0.05, 0) is 104 Å². The van der Waals surface area contributed by atoms with E-state index in [1.807, 2.05) is 18.2 Å². The Morgan fingerprint density at radius 1 is 1.00 bits per heavy atom. The zero-order valence-electron chi connectivity index (χ0n) is 21.8. The SMILES string of the molecule is C[C@H](CCC=C(C#N)C#N)[C@H]1CC[C@@]2(C)C3=C(CC[C@]12C)[C@@]1(C)CC[C@H](O)C(C)(C)[C@@H]1CC3. The molecule has 0 radical (unpaired) electrons. The minimum Gasteiger partial charge on any atom is -0.393 e. The fourth-order valence-electron chi connectivity index (χ4n) is 9.44. The highest BCUT2D eigenvalue weighted by atomic mass is 16.3. The molecule has 1 N–H and O–H groups in total. The highest BCUT2D eigenvalue weighted by Crippen LogP contribution is 2.72. The fraction of sp³-hybridized carbons (Fsp3) is 0.800. The molecule has 0 saturated heterocycles. The molecule has 0 heterocycles. The minimum absolute atomic E-state index is 0.000859. The highest BCUT2D eigenvalue weighted by Gasteiger charge is 2.63. The monoisotopic (exact) mass is 448 g/mol. The van der Waals surface area contributed by atoms with Gasteiger partial charge in [0.2, 0.25) is 0 Å². The Hall–Kier alpha value is -1.58. The molecule has 7 atom stereocenters. The summed E-state index contributed by atoms with van der Waals surface area (Å²) in [4.78, 5) is 0. The van der Waals surface area contributed by atoms with Gasteiger partial charge in [0.05, 0.1) is 6.10 Å². The van der Waals surface area contributed by atoms with Crippen LogP contribution in [0.3, 0.4) is 0 Å². The predicted octanol–water partition coefficient (Wildman–Crippen LogP) is 7.49. The quantitative estimate of drug-likeness (QED) is 0.358. The number of rotatable bonds is 4. The van der Waals surface area contributed by atoms with Gasteiger partial charge in [0.15, 0.2) is 0 Å². The lowest BCUT2D eigenvalue weighted by atomic mass is 9.43. The lowest BCUT2D eigenvalue weighted by Gasteiger charge is -2.62. The van der Waals surface area contributed by atoms with Crippen LogP contribution in [0, 0.1) is 62.1 Å². The maximum absolute atomic E-state index is 10.8. The number of nitriles is 2. The lowest BCUT2D eigenvalue weighted by Crippen LogP contribution is -2.55. The lowest BCUT2D eigenvalue weighted by molar-refractivity contribution is -0.0962. The van der Waals surface area contributed by atoms with Gasteiger partial charge in [-0.1, -0.05) is 58.8 Å². The average Bonchev–Trinajstić information content (AvgIpc) is 3.05. The van der Waals surface area contributed by atoms with E-state index < -0.39 is 0 Å². The van der Waals surface area contributed by atoms with Crippen LogP contribution in [0.25, 0.3) is 0 Å². The molecule has 3 nitrogen and oxygen atoms in total. The maximum Gasteiger partial charge on any atom is 0.125 e. The summed E-state index contributed by atoms with van der Waals surface area (Å²) in [5.74, 6) is 1.88. The molecule has 4 aliphatic carbocycles. The third-order valence-corrected chi connectivity index (χ3v) is 11.7. The smallest absolute Gasteiger partial charge is 0.125 e. The van der Waals surface area contributed by atoms with Gasteiger partial charge in [-0.25, -0.2) is 0 Å². The molecule has 0 aromatic heterocycles. The Morgan fingerprint density at radius 3 is 2.36 bits per heavy atom. The van der Waals surface area contributed by atoms with Crippen LogP contribution in [-0.4, -0.2) is 11.2 Å². The molecule has 0 aliphatic heterocycles. The third kappa shape index (κ3) is 3.45. The molecule has 3 heteroatoms. The Kier molecular flexibility index (Phi) is 6.15. The molecule has 2 fully saturated rings. The van der Waals surface area contributed by atoms with Crippen molar-refractivity contribution in [2.45, 2.75) is 112 Å². The number of aliphatic hydroxyl groups is 1. The molecular formula is C30H44N2O. The first-order chi connectivity index (χ1) is 15.5. The van der Waals surface area contributed by atoms with Crippen LogP contribution >= 0.6 is 0 Å². The summed E-state index contributed by atoms with van der Waals surface area (Å²) >= 11 is 0. The van der Waals surface area contributed by atoms with Gasteiger partial charge >= 0.3 is 0 Å². The van der Waals surface area contributed by atoms with Gasteiger partial charge in [-0.3, -0.25) is 0 Å². The van der Waals surface area contributed by atoms with Crippen LogP contribution in [0.2, 0.25) is 0 Å². The second-order valence-electron chi connectivity index (χ2n) is 13.1. The van der Waals surface area contributed by atoms with Crippen LogP contribution in [-0.2, 0) is 0 Å². The molecule has 0 aromatic rings. The number of hydrogen-bond donors (Lipinski definition) is 1. The predicted molar refractivity (Wildman–Crippen MR) is 133 cm³/mol. The van der Waals surface area contributed by atoms with Crippen molar-refractivity contribution in [3.05, 3.63) is 22.8 Å². The summed E-state index contributed by atoms with van der Waals surface area (Å²) in [6, 6.07) is 4.00. The summed E-state index contributed by atoms with van der Waals surface area (Å²) in [5.41, 5.74) is 4.70. The van der Waals surface area contributed by atoms with Gasteiger partial charge in [-0.2, -0.15) is 10.5 Å². The van der Waals surface area contributed by atoms with E-state index in [-0.39, 0.29) is 27.9 Å². The van der Waals surface area contributed by atoms with Crippen LogP contribution < -0.4 is 0 Å². The molecule has 0 aromatic carbocycles. The normalized spacial score (nSPS) is 42.3. The standard InChI is InChI=1S/C30H44N2O/c1-20(8-7-9-21(18-31)19-32)22-12-16-30(6)24-10-11-25-27(2,3)26(33)14-15-28(25,4)23(24)13-17-29(22,30)5/h9,20,22,25-26,33H,7-8,10-17H2,1-6H3/t20-,22-,25+,26+,28-,29-,30+/m1/s1. The molecule has 4 aliphatic rings. The van der Waals surface area contributed by atoms with E-state index in [2.05, 4.69) is 41.5 Å². The van der Waals surface area contributed by atoms with Crippen molar-refractivity contribution in [3.63, 3.8) is 0 Å². The van der Waals surface area contributed by atoms with Crippen molar-refractivity contribution in [1.82, 2.24) is 0 Å². The van der Waals surface area contributed by atoms with Crippen LogP contribution in [0.15, 0.2) is 22.8 Å². The van der Waals surface area contributed by atoms with Gasteiger partial charge < -0.3 is 5.11 Å². The van der Waals surface area contributed by atoms with Gasteiger partial charge in [0.1, 0.15) is 17.7 Å². The van der Waals surface area contributed by atoms with Crippen molar-refractivity contribution in [3.8, 4) is 12.1 Å². The van der Waals surface area contributed by atoms with E-state index in [0.717, 1.165) is 25.7 Å². The zero-order valence-corrected chi connectivity index (χ0v) is 21.8. The van der Waals surface area contributed by atoms with Crippen molar-refractivity contribution in [2.24, 2.45) is 39.4 Å². The number of hydrogen-bond acceptors (Lipinski definition) is 3. The van der Waals surface area contributed by atoms with Crippen LogP contribution in [0.1, 0.15) is 106 Å². The Morgan fingerprint density at radius 2 is 1.70 bits per heavy atom. The molecule has 180 valence electrons. The summed E-state index contributed by atoms with van der Waals surface area (Å²) in [5, 5.41) is 28.9. The topological polar surface area (TPSA) is 67.8 Å².